The number of rotatable bonds is 1. The zero-order valence-corrected chi connectivity index (χ0v) is 16.7. The van der Waals surface area contributed by atoms with Gasteiger partial charge < -0.3 is 14.9 Å². The number of aliphatic hydroxyl groups excluding tert-OH is 1. The molecule has 0 unspecified atom stereocenters. The second-order valence-electron chi connectivity index (χ2n) is 9.83. The number of carbonyl (C=O) groups is 1. The van der Waals surface area contributed by atoms with Crippen LogP contribution in [0.3, 0.4) is 0 Å². The Morgan fingerprint density at radius 3 is 2.67 bits per heavy atom. The quantitative estimate of drug-likeness (QED) is 0.421. The molecule has 0 aromatic rings. The van der Waals surface area contributed by atoms with Gasteiger partial charge in [-0.25, -0.2) is 0 Å². The highest BCUT2D eigenvalue weighted by atomic mass is 16.6. The summed E-state index contributed by atoms with van der Waals surface area (Å²) in [5.74, 6) is 3.53. The zero-order valence-electron chi connectivity index (χ0n) is 16.7. The molecule has 8 atom stereocenters. The molecule has 3 saturated carbocycles. The summed E-state index contributed by atoms with van der Waals surface area (Å²) >= 11 is 0. The van der Waals surface area contributed by atoms with E-state index < -0.39 is 17.1 Å². The van der Waals surface area contributed by atoms with Crippen LogP contribution in [0.2, 0.25) is 0 Å². The van der Waals surface area contributed by atoms with Crippen LogP contribution in [0.25, 0.3) is 0 Å². The first-order valence-corrected chi connectivity index (χ1v) is 10.4. The number of esters is 1. The second-order valence-corrected chi connectivity index (χ2v) is 9.83. The third-order valence-corrected chi connectivity index (χ3v) is 8.81. The fraction of sp³-hybridized carbons (Fsp3) is 0.783. The largest absolute Gasteiger partial charge is 0.458 e. The molecule has 0 bridgehead atoms. The number of fused-ring (bicyclic) bond motifs is 5. The molecule has 0 saturated heterocycles. The van der Waals surface area contributed by atoms with E-state index >= 15 is 0 Å². The molecule has 0 aromatic carbocycles. The Bertz CT molecular complexity index is 720. The first-order chi connectivity index (χ1) is 12.7. The van der Waals surface area contributed by atoms with E-state index in [1.54, 1.807) is 0 Å². The number of aliphatic hydroxyl groups is 2. The molecular formula is C23H32O4. The van der Waals surface area contributed by atoms with Crippen LogP contribution < -0.4 is 0 Å². The predicted molar refractivity (Wildman–Crippen MR) is 102 cm³/mol. The van der Waals surface area contributed by atoms with E-state index in [0.29, 0.717) is 18.3 Å². The van der Waals surface area contributed by atoms with E-state index in [-0.39, 0.29) is 23.4 Å². The number of hydrogen-bond acceptors (Lipinski definition) is 4. The van der Waals surface area contributed by atoms with Gasteiger partial charge in [-0.05, 0) is 68.1 Å². The average molecular weight is 373 g/mol. The molecule has 2 N–H and O–H groups in total. The minimum absolute atomic E-state index is 0.136. The molecule has 4 rings (SSSR count). The molecule has 0 aliphatic heterocycles. The van der Waals surface area contributed by atoms with E-state index in [1.165, 1.54) is 12.5 Å². The van der Waals surface area contributed by atoms with Crippen LogP contribution in [0.5, 0.6) is 0 Å². The van der Waals surface area contributed by atoms with E-state index in [1.807, 2.05) is 0 Å². The summed E-state index contributed by atoms with van der Waals surface area (Å²) in [7, 11) is 0. The number of allylic oxidation sites excluding steroid dienone is 1. The van der Waals surface area contributed by atoms with Gasteiger partial charge in [0.1, 0.15) is 6.10 Å². The van der Waals surface area contributed by atoms with Gasteiger partial charge in [-0.15, -0.1) is 6.42 Å². The van der Waals surface area contributed by atoms with Crippen LogP contribution >= 0.6 is 0 Å². The number of ether oxygens (including phenoxy) is 1. The first-order valence-electron chi connectivity index (χ1n) is 10.4. The highest BCUT2D eigenvalue weighted by Crippen LogP contribution is 2.67. The summed E-state index contributed by atoms with van der Waals surface area (Å²) in [6, 6.07) is 0. The van der Waals surface area contributed by atoms with Gasteiger partial charge in [0.15, 0.2) is 5.60 Å². The van der Waals surface area contributed by atoms with E-state index in [2.05, 4.69) is 25.8 Å². The van der Waals surface area contributed by atoms with Crippen LogP contribution in [0, 0.1) is 40.9 Å². The zero-order chi connectivity index (χ0) is 19.6. The summed E-state index contributed by atoms with van der Waals surface area (Å²) in [5, 5.41) is 21.5. The van der Waals surface area contributed by atoms with Crippen LogP contribution in [0.15, 0.2) is 11.6 Å². The minimum Gasteiger partial charge on any atom is -0.458 e. The Labute approximate surface area is 162 Å². The smallest absolute Gasteiger partial charge is 0.303 e. The van der Waals surface area contributed by atoms with Crippen molar-refractivity contribution in [3.63, 3.8) is 0 Å². The molecule has 27 heavy (non-hydrogen) atoms. The average Bonchev–Trinajstić information content (AvgIpc) is 2.83. The molecule has 4 heteroatoms. The molecule has 148 valence electrons. The molecule has 3 fully saturated rings. The van der Waals surface area contributed by atoms with Gasteiger partial charge in [-0.1, -0.05) is 31.4 Å². The van der Waals surface area contributed by atoms with Gasteiger partial charge in [-0.2, -0.15) is 0 Å². The lowest BCUT2D eigenvalue weighted by Gasteiger charge is -2.58. The van der Waals surface area contributed by atoms with Crippen molar-refractivity contribution in [2.75, 3.05) is 0 Å². The maximum Gasteiger partial charge on any atom is 0.303 e. The molecule has 4 aliphatic rings. The number of carbonyl (C=O) groups excluding carboxylic acids is 1. The van der Waals surface area contributed by atoms with Gasteiger partial charge in [0, 0.05) is 12.3 Å². The third kappa shape index (κ3) is 2.47. The fourth-order valence-electron chi connectivity index (χ4n) is 7.30. The Morgan fingerprint density at radius 1 is 1.26 bits per heavy atom. The van der Waals surface area contributed by atoms with Crippen molar-refractivity contribution >= 4 is 5.97 Å². The lowest BCUT2D eigenvalue weighted by molar-refractivity contribution is -0.163. The predicted octanol–water partition coefficient (Wildman–Crippen LogP) is 3.22. The fourth-order valence-corrected chi connectivity index (χ4v) is 7.30. The highest BCUT2D eigenvalue weighted by Gasteiger charge is 2.68. The molecule has 4 nitrogen and oxygen atoms in total. The van der Waals surface area contributed by atoms with Gasteiger partial charge in [0.05, 0.1) is 6.10 Å². The van der Waals surface area contributed by atoms with Crippen LogP contribution in [-0.2, 0) is 9.53 Å². The van der Waals surface area contributed by atoms with Crippen LogP contribution in [0.4, 0.5) is 0 Å². The minimum atomic E-state index is -1.39. The van der Waals surface area contributed by atoms with Crippen LogP contribution in [0.1, 0.15) is 65.7 Å². The normalized spacial score (nSPS) is 51.3. The standard InChI is InChI=1S/C23H32O4/c1-5-23(26)20(27-14(2)24)13-19-17-7-6-15-12-16(25)8-10-21(15,3)18(17)9-11-22(19,23)4/h1,12,16-20,25-26H,6-11,13H2,2-4H3/t16-,17-,18+,19+,20-,21+,22+,23-/m1/s1. The van der Waals surface area contributed by atoms with E-state index in [0.717, 1.165) is 38.5 Å². The maximum absolute atomic E-state index is 11.6. The van der Waals surface area contributed by atoms with Crippen molar-refractivity contribution in [3.8, 4) is 12.3 Å². The highest BCUT2D eigenvalue weighted by molar-refractivity contribution is 5.66. The topological polar surface area (TPSA) is 66.8 Å². The van der Waals surface area contributed by atoms with Crippen molar-refractivity contribution in [2.24, 2.45) is 28.6 Å². The van der Waals surface area contributed by atoms with Crippen molar-refractivity contribution in [2.45, 2.75) is 83.5 Å². The van der Waals surface area contributed by atoms with E-state index in [4.69, 9.17) is 11.2 Å². The van der Waals surface area contributed by atoms with Gasteiger partial charge in [-0.3, -0.25) is 4.79 Å². The third-order valence-electron chi connectivity index (χ3n) is 8.81. The Morgan fingerprint density at radius 2 is 2.00 bits per heavy atom. The summed E-state index contributed by atoms with van der Waals surface area (Å²) in [6.45, 7) is 5.86. The number of hydrogen-bond donors (Lipinski definition) is 2. The van der Waals surface area contributed by atoms with E-state index in [9.17, 15) is 15.0 Å². The molecule has 0 aromatic heterocycles. The summed E-state index contributed by atoms with van der Waals surface area (Å²) in [6.07, 6.45) is 13.4. The van der Waals surface area contributed by atoms with Gasteiger partial charge in [0.2, 0.25) is 0 Å². The lowest BCUT2D eigenvalue weighted by atomic mass is 9.46. The Kier molecular flexibility index (Phi) is 4.29. The Balaban J connectivity index is 1.70. The monoisotopic (exact) mass is 372 g/mol. The maximum atomic E-state index is 11.6. The molecule has 0 heterocycles. The van der Waals surface area contributed by atoms with Gasteiger partial charge in [0.25, 0.3) is 0 Å². The summed E-state index contributed by atoms with van der Waals surface area (Å²) in [4.78, 5) is 11.6. The Hall–Kier alpha value is -1.31. The van der Waals surface area contributed by atoms with Crippen molar-refractivity contribution < 1.29 is 19.7 Å². The second kappa shape index (κ2) is 6.09. The molecule has 0 amide bonds. The number of terminal acetylenes is 1. The van der Waals surface area contributed by atoms with Gasteiger partial charge >= 0.3 is 5.97 Å². The SMILES string of the molecule is C#C[C@@]1(O)[C@H](OC(C)=O)C[C@H]2[C@@H]3CCC4=C[C@H](O)CC[C@]4(C)[C@H]3CC[C@@]21C. The lowest BCUT2D eigenvalue weighted by Crippen LogP contribution is -2.56. The molecule has 0 spiro atoms. The van der Waals surface area contributed by atoms with Crippen molar-refractivity contribution in [1.29, 1.82) is 0 Å². The summed E-state index contributed by atoms with van der Waals surface area (Å²) < 4.78 is 5.52. The molecule has 4 aliphatic carbocycles. The summed E-state index contributed by atoms with van der Waals surface area (Å²) in [5.41, 5.74) is -0.256. The molecule has 0 radical (unpaired) electrons. The van der Waals surface area contributed by atoms with Crippen LogP contribution in [-0.4, -0.2) is 34.0 Å². The van der Waals surface area contributed by atoms with Crippen molar-refractivity contribution in [1.82, 2.24) is 0 Å². The molecular weight excluding hydrogens is 340 g/mol. The first kappa shape index (κ1) is 19.0. The van der Waals surface area contributed by atoms with Crippen molar-refractivity contribution in [3.05, 3.63) is 11.6 Å².